The number of benzene rings is 1. The number of anilines is 1. The molecule has 7 nitrogen and oxygen atoms in total. The lowest BCUT2D eigenvalue weighted by atomic mass is 10.1. The van der Waals surface area contributed by atoms with E-state index in [0.29, 0.717) is 0 Å². The predicted molar refractivity (Wildman–Crippen MR) is 68.0 cm³/mol. The first kappa shape index (κ1) is 14.7. The van der Waals surface area contributed by atoms with Crippen molar-refractivity contribution in [1.82, 2.24) is 0 Å². The van der Waals surface area contributed by atoms with Gasteiger partial charge in [0.05, 0.1) is 22.6 Å². The Bertz CT molecular complexity index is 602. The fourth-order valence-electron chi connectivity index (χ4n) is 1.31. The van der Waals surface area contributed by atoms with Crippen LogP contribution in [0.1, 0.15) is 20.7 Å². The van der Waals surface area contributed by atoms with Crippen molar-refractivity contribution in [3.8, 4) is 0 Å². The van der Waals surface area contributed by atoms with E-state index in [1.807, 2.05) is 0 Å². The van der Waals surface area contributed by atoms with E-state index < -0.39 is 22.0 Å². The molecule has 1 rings (SSSR count). The maximum absolute atomic E-state index is 11.5. The van der Waals surface area contributed by atoms with Crippen LogP contribution in [-0.4, -0.2) is 36.3 Å². The third kappa shape index (κ3) is 4.11. The van der Waals surface area contributed by atoms with E-state index >= 15 is 0 Å². The third-order valence-electron chi connectivity index (χ3n) is 2.04. The topological polar surface area (TPSA) is 121 Å². The summed E-state index contributed by atoms with van der Waals surface area (Å²) in [5.41, 5.74) is -0.772. The number of hydrogen-bond donors (Lipinski definition) is 3. The van der Waals surface area contributed by atoms with E-state index in [9.17, 15) is 18.0 Å². The second-order valence-electron chi connectivity index (χ2n) is 3.58. The molecule has 0 radical (unpaired) electrons. The van der Waals surface area contributed by atoms with Gasteiger partial charge in [0.1, 0.15) is 0 Å². The van der Waals surface area contributed by atoms with Crippen LogP contribution in [0.25, 0.3) is 0 Å². The van der Waals surface area contributed by atoms with Gasteiger partial charge in [-0.25, -0.2) is 18.0 Å². The van der Waals surface area contributed by atoms with Crippen molar-refractivity contribution in [2.45, 2.75) is 0 Å². The summed E-state index contributed by atoms with van der Waals surface area (Å²) in [6, 6.07) is 3.01. The SMILES string of the molecule is C=CCS(=O)(=O)Nc1cc(C(=O)O)cc(C(=O)O)c1. The first-order valence-electron chi connectivity index (χ1n) is 4.98. The number of carboxylic acid groups (broad SMARTS) is 2. The Balaban J connectivity index is 3.24. The molecule has 0 aliphatic rings. The molecular formula is C11H11NO6S. The molecule has 0 atom stereocenters. The van der Waals surface area contributed by atoms with Crippen molar-refractivity contribution >= 4 is 27.6 Å². The summed E-state index contributed by atoms with van der Waals surface area (Å²) in [6.07, 6.45) is 1.15. The van der Waals surface area contributed by atoms with Crippen molar-refractivity contribution in [2.24, 2.45) is 0 Å². The monoisotopic (exact) mass is 285 g/mol. The van der Waals surface area contributed by atoms with Crippen LogP contribution >= 0.6 is 0 Å². The molecule has 19 heavy (non-hydrogen) atoms. The van der Waals surface area contributed by atoms with E-state index in [1.165, 1.54) is 0 Å². The lowest BCUT2D eigenvalue weighted by Gasteiger charge is -2.08. The van der Waals surface area contributed by atoms with Crippen molar-refractivity contribution in [3.63, 3.8) is 0 Å². The maximum Gasteiger partial charge on any atom is 0.335 e. The van der Waals surface area contributed by atoms with Crippen LogP contribution in [0.5, 0.6) is 0 Å². The molecule has 0 bridgehead atoms. The Morgan fingerprint density at radius 3 is 2.00 bits per heavy atom. The van der Waals surface area contributed by atoms with Gasteiger partial charge in [0.15, 0.2) is 0 Å². The minimum atomic E-state index is -3.72. The average molecular weight is 285 g/mol. The lowest BCUT2D eigenvalue weighted by Crippen LogP contribution is -2.16. The fraction of sp³-hybridized carbons (Fsp3) is 0.0909. The van der Waals surface area contributed by atoms with Gasteiger partial charge in [0, 0.05) is 0 Å². The highest BCUT2D eigenvalue weighted by atomic mass is 32.2. The molecule has 1 aromatic rings. The zero-order valence-corrected chi connectivity index (χ0v) is 10.5. The second-order valence-corrected chi connectivity index (χ2v) is 5.35. The highest BCUT2D eigenvalue weighted by molar-refractivity contribution is 7.92. The highest BCUT2D eigenvalue weighted by Gasteiger charge is 2.14. The van der Waals surface area contributed by atoms with Crippen molar-refractivity contribution in [3.05, 3.63) is 42.0 Å². The van der Waals surface area contributed by atoms with Crippen molar-refractivity contribution < 1.29 is 28.2 Å². The molecule has 0 amide bonds. The van der Waals surface area contributed by atoms with Gasteiger partial charge in [-0.15, -0.1) is 6.58 Å². The van der Waals surface area contributed by atoms with Crippen molar-refractivity contribution in [1.29, 1.82) is 0 Å². The highest BCUT2D eigenvalue weighted by Crippen LogP contribution is 2.17. The Kier molecular flexibility index (Phi) is 4.28. The summed E-state index contributed by atoms with van der Waals surface area (Å²) in [5, 5.41) is 17.7. The van der Waals surface area contributed by atoms with Crippen molar-refractivity contribution in [2.75, 3.05) is 10.5 Å². The molecule has 0 saturated carbocycles. The summed E-state index contributed by atoms with van der Waals surface area (Å²) in [6.45, 7) is 3.27. The first-order valence-corrected chi connectivity index (χ1v) is 6.63. The number of carboxylic acids is 2. The van der Waals surface area contributed by atoms with Gasteiger partial charge in [0.25, 0.3) is 0 Å². The lowest BCUT2D eigenvalue weighted by molar-refractivity contribution is 0.0696. The average Bonchev–Trinajstić information content (AvgIpc) is 2.27. The Hall–Kier alpha value is -2.35. The van der Waals surface area contributed by atoms with Crippen LogP contribution in [0.3, 0.4) is 0 Å². The summed E-state index contributed by atoms with van der Waals surface area (Å²) in [5.74, 6) is -3.08. The number of aromatic carboxylic acids is 2. The molecule has 1 aromatic carbocycles. The van der Waals surface area contributed by atoms with E-state index in [2.05, 4.69) is 11.3 Å². The first-order chi connectivity index (χ1) is 8.75. The van der Waals surface area contributed by atoms with Crippen LogP contribution in [-0.2, 0) is 10.0 Å². The van der Waals surface area contributed by atoms with Crippen LogP contribution in [0, 0.1) is 0 Å². The zero-order valence-electron chi connectivity index (χ0n) is 9.66. The summed E-state index contributed by atoms with van der Waals surface area (Å²) < 4.78 is 25.1. The van der Waals surface area contributed by atoms with E-state index in [4.69, 9.17) is 10.2 Å². The fourth-order valence-corrected chi connectivity index (χ4v) is 2.18. The standard InChI is InChI=1S/C11H11NO6S/c1-2-3-19(17,18)12-9-5-7(10(13)14)4-8(6-9)11(15)16/h2,4-6,12H,1,3H2,(H,13,14)(H,15,16). The molecule has 0 saturated heterocycles. The minimum Gasteiger partial charge on any atom is -0.478 e. The van der Waals surface area contributed by atoms with Gasteiger partial charge >= 0.3 is 11.9 Å². The quantitative estimate of drug-likeness (QED) is 0.671. The number of nitrogens with one attached hydrogen (secondary N) is 1. The second kappa shape index (κ2) is 5.53. The Labute approximate surface area is 109 Å². The van der Waals surface area contributed by atoms with Crippen LogP contribution in [0.4, 0.5) is 5.69 Å². The van der Waals surface area contributed by atoms with Gasteiger partial charge in [-0.3, -0.25) is 4.72 Å². The Morgan fingerprint density at radius 1 is 1.16 bits per heavy atom. The van der Waals surface area contributed by atoms with Gasteiger partial charge in [-0.2, -0.15) is 0 Å². The molecule has 0 fully saturated rings. The molecule has 3 N–H and O–H groups in total. The number of carbonyl (C=O) groups is 2. The summed E-state index contributed by atoms with van der Waals surface area (Å²) in [4.78, 5) is 21.7. The maximum atomic E-state index is 11.5. The van der Waals surface area contributed by atoms with E-state index in [-0.39, 0.29) is 22.6 Å². The van der Waals surface area contributed by atoms with Gasteiger partial charge in [-0.1, -0.05) is 6.08 Å². The van der Waals surface area contributed by atoms with Gasteiger partial charge < -0.3 is 10.2 Å². The zero-order chi connectivity index (χ0) is 14.6. The summed E-state index contributed by atoms with van der Waals surface area (Å²) in [7, 11) is -3.72. The number of hydrogen-bond acceptors (Lipinski definition) is 4. The van der Waals surface area contributed by atoms with Crippen LogP contribution in [0.15, 0.2) is 30.9 Å². The molecule has 0 aliphatic heterocycles. The van der Waals surface area contributed by atoms with Crippen LogP contribution < -0.4 is 4.72 Å². The van der Waals surface area contributed by atoms with E-state index in [0.717, 1.165) is 24.3 Å². The summed E-state index contributed by atoms with van der Waals surface area (Å²) >= 11 is 0. The predicted octanol–water partition coefficient (Wildman–Crippen LogP) is 1.01. The number of sulfonamides is 1. The van der Waals surface area contributed by atoms with Gasteiger partial charge in [0.2, 0.25) is 10.0 Å². The van der Waals surface area contributed by atoms with E-state index in [1.54, 1.807) is 0 Å². The molecule has 102 valence electrons. The minimum absolute atomic E-state index is 0.126. The van der Waals surface area contributed by atoms with Gasteiger partial charge in [-0.05, 0) is 18.2 Å². The molecule has 0 aromatic heterocycles. The number of rotatable bonds is 6. The molecule has 0 aliphatic carbocycles. The normalized spacial score (nSPS) is 10.7. The molecule has 0 unspecified atom stereocenters. The molecule has 0 spiro atoms. The smallest absolute Gasteiger partial charge is 0.335 e. The molecule has 0 heterocycles. The Morgan fingerprint density at radius 2 is 1.63 bits per heavy atom. The molecular weight excluding hydrogens is 274 g/mol. The molecule has 8 heteroatoms. The third-order valence-corrected chi connectivity index (χ3v) is 3.26. The van der Waals surface area contributed by atoms with Crippen LogP contribution in [0.2, 0.25) is 0 Å². The largest absolute Gasteiger partial charge is 0.478 e.